The number of carbonyl (C=O) groups is 1. The first-order valence-electron chi connectivity index (χ1n) is 14.2. The van der Waals surface area contributed by atoms with E-state index in [9.17, 15) is 14.9 Å². The fraction of sp³-hybridized carbons (Fsp3) is 0.963. The zero-order valence-electron chi connectivity index (χ0n) is 20.9. The molecule has 0 aromatic rings. The van der Waals surface area contributed by atoms with Crippen molar-refractivity contribution >= 4 is 5.97 Å². The van der Waals surface area contributed by atoms with Gasteiger partial charge in [-0.2, -0.15) is 0 Å². The van der Waals surface area contributed by atoms with Gasteiger partial charge in [-0.3, -0.25) is 14.9 Å². The highest BCUT2D eigenvalue weighted by molar-refractivity contribution is 5.72. The van der Waals surface area contributed by atoms with Gasteiger partial charge in [0.1, 0.15) is 6.10 Å². The molecule has 0 bridgehead atoms. The maximum atomic E-state index is 12.5. The Hall–Kier alpha value is -1.21. The molecule has 0 aliphatic heterocycles. The highest BCUT2D eigenvalue weighted by Crippen LogP contribution is 2.33. The van der Waals surface area contributed by atoms with Crippen molar-refractivity contribution in [3.8, 4) is 0 Å². The first kappa shape index (κ1) is 25.9. The summed E-state index contributed by atoms with van der Waals surface area (Å²) in [5, 5.41) is 11.6. The smallest absolute Gasteiger partial charge is 0.308 e. The minimum atomic E-state index is -0.613. The molecule has 0 amide bonds. The minimum Gasteiger partial charge on any atom is -0.465 e. The zero-order valence-corrected chi connectivity index (χ0v) is 20.9. The Balaban J connectivity index is 1.17. The van der Waals surface area contributed by atoms with Gasteiger partial charge in [0.15, 0.2) is 0 Å². The molecule has 0 spiro atoms. The van der Waals surface area contributed by atoms with Crippen LogP contribution in [0.3, 0.4) is 0 Å². The van der Waals surface area contributed by atoms with Crippen LogP contribution in [0.1, 0.15) is 109 Å². The summed E-state index contributed by atoms with van der Waals surface area (Å²) in [5.74, 6) is 1.09. The number of carbonyl (C=O) groups excluding carboxylic acids is 1. The van der Waals surface area contributed by atoms with Crippen molar-refractivity contribution in [1.29, 1.82) is 0 Å². The van der Waals surface area contributed by atoms with E-state index in [4.69, 9.17) is 14.2 Å². The summed E-state index contributed by atoms with van der Waals surface area (Å²) in [4.78, 5) is 24.0. The first-order valence-corrected chi connectivity index (χ1v) is 14.2. The molecule has 3 unspecified atom stereocenters. The highest BCUT2D eigenvalue weighted by atomic mass is 16.6. The molecule has 4 aliphatic rings. The molecule has 7 nitrogen and oxygen atoms in total. The predicted octanol–water partition coefficient (Wildman–Crippen LogP) is 5.85. The summed E-state index contributed by atoms with van der Waals surface area (Å²) in [6.45, 7) is 1.24. The Morgan fingerprint density at radius 3 is 1.94 bits per heavy atom. The lowest BCUT2D eigenvalue weighted by atomic mass is 9.86. The fourth-order valence-electron chi connectivity index (χ4n) is 6.61. The van der Waals surface area contributed by atoms with Gasteiger partial charge in [0.05, 0.1) is 31.3 Å². The number of nitrogens with zero attached hydrogens (tertiary/aromatic N) is 1. The third kappa shape index (κ3) is 7.64. The van der Waals surface area contributed by atoms with E-state index in [1.807, 2.05) is 0 Å². The van der Waals surface area contributed by atoms with Crippen molar-refractivity contribution in [2.24, 2.45) is 17.8 Å². The normalized spacial score (nSPS) is 33.9. The molecule has 3 atom stereocenters. The standard InChI is InChI=1S/C27H45NO6/c29-27(33-19-21-9-5-2-6-10-21)22-11-13-23(14-12-22)34-24-15-16-25(28(30)31)26(17-24)32-18-20-7-3-1-4-8-20/h20-26H,1-19H2. The topological polar surface area (TPSA) is 87.9 Å². The fourth-order valence-corrected chi connectivity index (χ4v) is 6.61. The average molecular weight is 480 g/mol. The summed E-state index contributed by atoms with van der Waals surface area (Å²) < 4.78 is 18.2. The monoisotopic (exact) mass is 479 g/mol. The predicted molar refractivity (Wildman–Crippen MR) is 129 cm³/mol. The van der Waals surface area contributed by atoms with E-state index >= 15 is 0 Å². The summed E-state index contributed by atoms with van der Waals surface area (Å²) in [7, 11) is 0. The quantitative estimate of drug-likeness (QED) is 0.234. The van der Waals surface area contributed by atoms with Crippen molar-refractivity contribution in [2.45, 2.75) is 134 Å². The third-order valence-corrected chi connectivity index (χ3v) is 8.83. The molecule has 4 rings (SSSR count). The highest BCUT2D eigenvalue weighted by Gasteiger charge is 2.41. The van der Waals surface area contributed by atoms with E-state index < -0.39 is 6.04 Å². The first-order chi connectivity index (χ1) is 16.6. The van der Waals surface area contributed by atoms with Crippen LogP contribution in [0.2, 0.25) is 0 Å². The van der Waals surface area contributed by atoms with Gasteiger partial charge in [-0.15, -0.1) is 0 Å². The molecule has 0 saturated heterocycles. The van der Waals surface area contributed by atoms with Crippen LogP contribution < -0.4 is 0 Å². The number of nitro groups is 1. The molecular weight excluding hydrogens is 434 g/mol. The molecule has 34 heavy (non-hydrogen) atoms. The Kier molecular flexibility index (Phi) is 10.0. The van der Waals surface area contributed by atoms with Crippen LogP contribution in [0.25, 0.3) is 0 Å². The van der Waals surface area contributed by atoms with Crippen LogP contribution in [0, 0.1) is 27.9 Å². The lowest BCUT2D eigenvalue weighted by molar-refractivity contribution is -0.540. The Labute approximate surface area is 204 Å². The van der Waals surface area contributed by atoms with E-state index in [-0.39, 0.29) is 35.1 Å². The summed E-state index contributed by atoms with van der Waals surface area (Å²) >= 11 is 0. The number of hydrogen-bond donors (Lipinski definition) is 0. The lowest BCUT2D eigenvalue weighted by Crippen LogP contribution is -2.45. The van der Waals surface area contributed by atoms with E-state index in [0.29, 0.717) is 37.9 Å². The molecule has 194 valence electrons. The molecule has 0 aromatic carbocycles. The molecular formula is C27H45NO6. The van der Waals surface area contributed by atoms with Gasteiger partial charge >= 0.3 is 5.97 Å². The SMILES string of the molecule is O=C(OCC1CCCCC1)C1CCC(OC2CCC([N+](=O)[O-])C(OCC3CCCCC3)C2)CC1. The second-order valence-electron chi connectivity index (χ2n) is 11.4. The summed E-state index contributed by atoms with van der Waals surface area (Å²) in [6.07, 6.45) is 17.4. The van der Waals surface area contributed by atoms with E-state index in [1.54, 1.807) is 0 Å². The van der Waals surface area contributed by atoms with Gasteiger partial charge in [0, 0.05) is 17.8 Å². The maximum Gasteiger partial charge on any atom is 0.308 e. The van der Waals surface area contributed by atoms with Crippen LogP contribution in [0.15, 0.2) is 0 Å². The van der Waals surface area contributed by atoms with Crippen molar-refractivity contribution in [2.75, 3.05) is 13.2 Å². The van der Waals surface area contributed by atoms with Crippen molar-refractivity contribution in [1.82, 2.24) is 0 Å². The van der Waals surface area contributed by atoms with Crippen LogP contribution in [0.5, 0.6) is 0 Å². The largest absolute Gasteiger partial charge is 0.465 e. The van der Waals surface area contributed by atoms with Crippen LogP contribution in [-0.4, -0.2) is 48.5 Å². The Morgan fingerprint density at radius 1 is 0.735 bits per heavy atom. The lowest BCUT2D eigenvalue weighted by Gasteiger charge is -2.36. The third-order valence-electron chi connectivity index (χ3n) is 8.83. The number of ether oxygens (including phenoxy) is 3. The average Bonchev–Trinajstić information content (AvgIpc) is 2.87. The van der Waals surface area contributed by atoms with E-state index in [2.05, 4.69) is 0 Å². The van der Waals surface area contributed by atoms with Gasteiger partial charge in [-0.1, -0.05) is 38.5 Å². The molecule has 0 heterocycles. The van der Waals surface area contributed by atoms with Crippen LogP contribution >= 0.6 is 0 Å². The molecule has 0 aromatic heterocycles. The second kappa shape index (κ2) is 13.2. The molecule has 4 saturated carbocycles. The van der Waals surface area contributed by atoms with Crippen LogP contribution in [-0.2, 0) is 19.0 Å². The zero-order chi connectivity index (χ0) is 23.8. The van der Waals surface area contributed by atoms with Gasteiger partial charge in [-0.05, 0) is 69.6 Å². The molecule has 4 fully saturated rings. The number of rotatable bonds is 9. The van der Waals surface area contributed by atoms with E-state index in [1.165, 1.54) is 64.2 Å². The Bertz CT molecular complexity index is 637. The van der Waals surface area contributed by atoms with Gasteiger partial charge in [0.25, 0.3) is 0 Å². The van der Waals surface area contributed by atoms with Crippen molar-refractivity contribution < 1.29 is 23.9 Å². The second-order valence-corrected chi connectivity index (χ2v) is 11.4. The van der Waals surface area contributed by atoms with Gasteiger partial charge in [0.2, 0.25) is 6.04 Å². The molecule has 4 aliphatic carbocycles. The molecule has 0 radical (unpaired) electrons. The number of esters is 1. The minimum absolute atomic E-state index is 0.000219. The van der Waals surface area contributed by atoms with E-state index in [0.717, 1.165) is 32.1 Å². The van der Waals surface area contributed by atoms with Gasteiger partial charge in [-0.25, -0.2) is 0 Å². The van der Waals surface area contributed by atoms with Crippen molar-refractivity contribution in [3.05, 3.63) is 10.1 Å². The summed E-state index contributed by atoms with van der Waals surface area (Å²) in [5.41, 5.74) is 0. The number of hydrogen-bond acceptors (Lipinski definition) is 6. The molecule has 0 N–H and O–H groups in total. The maximum absolute atomic E-state index is 12.5. The molecule has 7 heteroatoms. The summed E-state index contributed by atoms with van der Waals surface area (Å²) in [6, 6.07) is -0.613. The Morgan fingerprint density at radius 2 is 1.32 bits per heavy atom. The van der Waals surface area contributed by atoms with Crippen LogP contribution in [0.4, 0.5) is 0 Å². The van der Waals surface area contributed by atoms with Gasteiger partial charge < -0.3 is 14.2 Å². The van der Waals surface area contributed by atoms with Crippen molar-refractivity contribution in [3.63, 3.8) is 0 Å².